The van der Waals surface area contributed by atoms with Crippen LogP contribution in [0.15, 0.2) is 69.8 Å². The molecule has 2 N–H and O–H groups in total. The summed E-state index contributed by atoms with van der Waals surface area (Å²) in [4.78, 5) is 25.3. The summed E-state index contributed by atoms with van der Waals surface area (Å²) in [5, 5.41) is 9.49. The van der Waals surface area contributed by atoms with E-state index < -0.39 is 11.8 Å². The van der Waals surface area contributed by atoms with Crippen LogP contribution in [0.25, 0.3) is 0 Å². The molecule has 0 aliphatic carbocycles. The maximum atomic E-state index is 12.7. The van der Waals surface area contributed by atoms with E-state index in [9.17, 15) is 9.59 Å². The molecule has 4 rings (SSSR count). The number of para-hydroxylation sites is 1. The summed E-state index contributed by atoms with van der Waals surface area (Å²) < 4.78 is 17.9. The van der Waals surface area contributed by atoms with E-state index >= 15 is 0 Å². The molecule has 164 valence electrons. The monoisotopic (exact) mass is 434 g/mol. The summed E-state index contributed by atoms with van der Waals surface area (Å²) in [6, 6.07) is 14.4. The zero-order valence-electron chi connectivity index (χ0n) is 17.6. The van der Waals surface area contributed by atoms with Gasteiger partial charge in [0.2, 0.25) is 0 Å². The van der Waals surface area contributed by atoms with Gasteiger partial charge in [-0.05, 0) is 42.8 Å². The van der Waals surface area contributed by atoms with Gasteiger partial charge in [0, 0.05) is 7.05 Å². The molecule has 0 saturated carbocycles. The van der Waals surface area contributed by atoms with Crippen LogP contribution in [-0.4, -0.2) is 21.6 Å². The van der Waals surface area contributed by atoms with Crippen LogP contribution >= 0.6 is 0 Å². The molecule has 9 heteroatoms. The van der Waals surface area contributed by atoms with Gasteiger partial charge in [-0.3, -0.25) is 14.3 Å². The summed E-state index contributed by atoms with van der Waals surface area (Å²) in [5.74, 6) is 1.06. The van der Waals surface area contributed by atoms with Crippen LogP contribution in [0, 0.1) is 6.92 Å². The highest BCUT2D eigenvalue weighted by Gasteiger charge is 2.21. The lowest BCUT2D eigenvalue weighted by molar-refractivity contribution is 0.0939. The SMILES string of the molecule is Cc1ccccc1OCc1ccc(C(=O)Nc2cnn(C)c2C(=O)NCc2ccco2)o1. The van der Waals surface area contributed by atoms with E-state index in [0.717, 1.165) is 11.3 Å². The van der Waals surface area contributed by atoms with Gasteiger partial charge in [0.25, 0.3) is 11.8 Å². The van der Waals surface area contributed by atoms with Crippen LogP contribution in [0.5, 0.6) is 5.75 Å². The van der Waals surface area contributed by atoms with Gasteiger partial charge in [0.15, 0.2) is 5.76 Å². The molecule has 9 nitrogen and oxygen atoms in total. The Bertz CT molecular complexity index is 1220. The Hall–Kier alpha value is -4.27. The molecular weight excluding hydrogens is 412 g/mol. The van der Waals surface area contributed by atoms with E-state index in [1.54, 1.807) is 31.3 Å². The fourth-order valence-electron chi connectivity index (χ4n) is 3.09. The normalized spacial score (nSPS) is 10.7. The van der Waals surface area contributed by atoms with Crippen molar-refractivity contribution in [3.05, 3.63) is 89.5 Å². The Balaban J connectivity index is 1.39. The van der Waals surface area contributed by atoms with Gasteiger partial charge in [-0.15, -0.1) is 0 Å². The molecule has 3 aromatic heterocycles. The first kappa shape index (κ1) is 21.0. The largest absolute Gasteiger partial charge is 0.485 e. The van der Waals surface area contributed by atoms with Crippen molar-refractivity contribution in [1.82, 2.24) is 15.1 Å². The maximum absolute atomic E-state index is 12.7. The minimum Gasteiger partial charge on any atom is -0.485 e. The minimum absolute atomic E-state index is 0.0965. The highest BCUT2D eigenvalue weighted by atomic mass is 16.5. The molecule has 0 radical (unpaired) electrons. The van der Waals surface area contributed by atoms with E-state index in [2.05, 4.69) is 15.7 Å². The van der Waals surface area contributed by atoms with Crippen molar-refractivity contribution in [3.63, 3.8) is 0 Å². The summed E-state index contributed by atoms with van der Waals surface area (Å²) >= 11 is 0. The molecule has 0 spiro atoms. The molecule has 0 aliphatic heterocycles. The molecule has 0 atom stereocenters. The fraction of sp³-hybridized carbons (Fsp3) is 0.174. The quantitative estimate of drug-likeness (QED) is 0.438. The van der Waals surface area contributed by atoms with Gasteiger partial charge in [0.1, 0.15) is 29.6 Å². The van der Waals surface area contributed by atoms with Crippen LogP contribution in [0.2, 0.25) is 0 Å². The lowest BCUT2D eigenvalue weighted by atomic mass is 10.2. The number of hydrogen-bond acceptors (Lipinski definition) is 6. The Labute approximate surface area is 184 Å². The molecule has 1 aromatic carbocycles. The number of carbonyl (C=O) groups is 2. The second-order valence-corrected chi connectivity index (χ2v) is 7.07. The van der Waals surface area contributed by atoms with Crippen LogP contribution < -0.4 is 15.4 Å². The van der Waals surface area contributed by atoms with Gasteiger partial charge in [-0.2, -0.15) is 5.10 Å². The molecule has 0 bridgehead atoms. The highest BCUT2D eigenvalue weighted by Crippen LogP contribution is 2.20. The fourth-order valence-corrected chi connectivity index (χ4v) is 3.09. The first-order valence-electron chi connectivity index (χ1n) is 9.92. The number of aromatic nitrogens is 2. The smallest absolute Gasteiger partial charge is 0.291 e. The Kier molecular flexibility index (Phi) is 6.07. The molecule has 32 heavy (non-hydrogen) atoms. The molecule has 0 saturated heterocycles. The lowest BCUT2D eigenvalue weighted by Gasteiger charge is -2.08. The lowest BCUT2D eigenvalue weighted by Crippen LogP contribution is -2.26. The van der Waals surface area contributed by atoms with E-state index in [1.807, 2.05) is 31.2 Å². The zero-order chi connectivity index (χ0) is 22.5. The van der Waals surface area contributed by atoms with Gasteiger partial charge < -0.3 is 24.2 Å². The number of amides is 2. The van der Waals surface area contributed by atoms with Gasteiger partial charge >= 0.3 is 0 Å². The van der Waals surface area contributed by atoms with Crippen molar-refractivity contribution >= 4 is 17.5 Å². The summed E-state index contributed by atoms with van der Waals surface area (Å²) in [7, 11) is 1.62. The standard InChI is InChI=1S/C23H22N4O5/c1-15-6-3-4-8-19(15)31-14-17-9-10-20(32-17)22(28)26-18-13-25-27(2)21(18)23(29)24-12-16-7-5-11-30-16/h3-11,13H,12,14H2,1-2H3,(H,24,29)(H,26,28). The topological polar surface area (TPSA) is 112 Å². The van der Waals surface area contributed by atoms with Gasteiger partial charge in [-0.25, -0.2) is 0 Å². The van der Waals surface area contributed by atoms with Gasteiger partial charge in [0.05, 0.1) is 24.7 Å². The van der Waals surface area contributed by atoms with Crippen LogP contribution in [-0.2, 0) is 20.2 Å². The first-order chi connectivity index (χ1) is 15.5. The van der Waals surface area contributed by atoms with Crippen molar-refractivity contribution in [2.24, 2.45) is 7.05 Å². The van der Waals surface area contributed by atoms with Crippen LogP contribution in [0.4, 0.5) is 5.69 Å². The average molecular weight is 434 g/mol. The molecule has 0 unspecified atom stereocenters. The van der Waals surface area contributed by atoms with Crippen molar-refractivity contribution in [2.45, 2.75) is 20.1 Å². The van der Waals surface area contributed by atoms with Crippen LogP contribution in [0.3, 0.4) is 0 Å². The predicted octanol–water partition coefficient (Wildman–Crippen LogP) is 3.68. The number of nitrogens with zero attached hydrogens (tertiary/aromatic N) is 2. The third-order valence-electron chi connectivity index (χ3n) is 4.75. The number of ether oxygens (including phenoxy) is 1. The number of nitrogens with one attached hydrogen (secondary N) is 2. The van der Waals surface area contributed by atoms with Crippen LogP contribution in [0.1, 0.15) is 38.1 Å². The third-order valence-corrected chi connectivity index (χ3v) is 4.75. The molecule has 2 amide bonds. The molecule has 0 aliphatic rings. The maximum Gasteiger partial charge on any atom is 0.291 e. The summed E-state index contributed by atoms with van der Waals surface area (Å²) in [6.45, 7) is 2.35. The van der Waals surface area contributed by atoms with E-state index in [0.29, 0.717) is 11.5 Å². The summed E-state index contributed by atoms with van der Waals surface area (Å²) in [6.07, 6.45) is 2.94. The van der Waals surface area contributed by atoms with Crippen molar-refractivity contribution in [1.29, 1.82) is 0 Å². The molecular formula is C23H22N4O5. The molecule has 4 aromatic rings. The van der Waals surface area contributed by atoms with Gasteiger partial charge in [-0.1, -0.05) is 18.2 Å². The number of anilines is 1. The first-order valence-corrected chi connectivity index (χ1v) is 9.92. The molecule has 3 heterocycles. The van der Waals surface area contributed by atoms with E-state index in [-0.39, 0.29) is 30.3 Å². The predicted molar refractivity (Wildman–Crippen MR) is 115 cm³/mol. The number of aryl methyl sites for hydroxylation is 2. The van der Waals surface area contributed by atoms with Crippen molar-refractivity contribution in [3.8, 4) is 5.75 Å². The average Bonchev–Trinajstić information content (AvgIpc) is 3.53. The number of rotatable bonds is 8. The third kappa shape index (κ3) is 4.72. The number of benzene rings is 1. The molecule has 0 fully saturated rings. The Morgan fingerprint density at radius 1 is 1.06 bits per heavy atom. The number of furan rings is 2. The van der Waals surface area contributed by atoms with Crippen molar-refractivity contribution < 1.29 is 23.2 Å². The zero-order valence-corrected chi connectivity index (χ0v) is 17.6. The minimum atomic E-state index is -0.500. The van der Waals surface area contributed by atoms with E-state index in [1.165, 1.54) is 17.1 Å². The summed E-state index contributed by atoms with van der Waals surface area (Å²) in [5.41, 5.74) is 1.48. The Morgan fingerprint density at radius 2 is 1.91 bits per heavy atom. The van der Waals surface area contributed by atoms with E-state index in [4.69, 9.17) is 13.6 Å². The highest BCUT2D eigenvalue weighted by molar-refractivity contribution is 6.07. The second-order valence-electron chi connectivity index (χ2n) is 7.07. The number of carbonyl (C=O) groups excluding carboxylic acids is 2. The van der Waals surface area contributed by atoms with Crippen molar-refractivity contribution in [2.75, 3.05) is 5.32 Å². The Morgan fingerprint density at radius 3 is 2.69 bits per heavy atom. The number of hydrogen-bond donors (Lipinski definition) is 2. The second kappa shape index (κ2) is 9.25.